The molecule has 4 rings (SSSR count). The first-order valence-corrected chi connectivity index (χ1v) is 12.2. The van der Waals surface area contributed by atoms with Crippen LogP contribution in [0.1, 0.15) is 41.0 Å². The van der Waals surface area contributed by atoms with Crippen LogP contribution in [0.2, 0.25) is 0 Å². The molecule has 0 aliphatic carbocycles. The summed E-state index contributed by atoms with van der Waals surface area (Å²) < 4.78 is 21.6. The summed E-state index contributed by atoms with van der Waals surface area (Å²) in [7, 11) is 1.58. The van der Waals surface area contributed by atoms with Gasteiger partial charge in [0.15, 0.2) is 11.5 Å². The number of rotatable bonds is 12. The van der Waals surface area contributed by atoms with Gasteiger partial charge in [-0.05, 0) is 60.9 Å². The lowest BCUT2D eigenvalue weighted by Gasteiger charge is -2.31. The zero-order valence-corrected chi connectivity index (χ0v) is 21.0. The third-order valence-corrected chi connectivity index (χ3v) is 5.90. The smallest absolute Gasteiger partial charge is 0.273 e. The van der Waals surface area contributed by atoms with Crippen LogP contribution in [0.4, 0.5) is 0 Å². The predicted octanol–water partition coefficient (Wildman–Crippen LogP) is 3.75. The van der Waals surface area contributed by atoms with Crippen molar-refractivity contribution >= 4 is 11.8 Å². The van der Waals surface area contributed by atoms with E-state index < -0.39 is 6.04 Å². The minimum atomic E-state index is -0.919. The van der Waals surface area contributed by atoms with E-state index in [1.165, 1.54) is 4.90 Å². The highest BCUT2D eigenvalue weighted by atomic mass is 16.7. The molecular formula is C28H31N3O6. The number of benzene rings is 2. The van der Waals surface area contributed by atoms with Gasteiger partial charge in [0.1, 0.15) is 17.5 Å². The van der Waals surface area contributed by atoms with E-state index in [0.29, 0.717) is 49.0 Å². The Labute approximate surface area is 216 Å². The third-order valence-electron chi connectivity index (χ3n) is 5.90. The summed E-state index contributed by atoms with van der Waals surface area (Å²) in [4.78, 5) is 33.2. The average molecular weight is 506 g/mol. The molecule has 194 valence electrons. The molecule has 0 fully saturated rings. The van der Waals surface area contributed by atoms with E-state index in [4.69, 9.17) is 18.9 Å². The maximum atomic E-state index is 13.8. The molecule has 1 N–H and O–H groups in total. The highest BCUT2D eigenvalue weighted by Gasteiger charge is 2.33. The summed E-state index contributed by atoms with van der Waals surface area (Å²) in [6.45, 7) is 3.79. The van der Waals surface area contributed by atoms with Gasteiger partial charge in [-0.15, -0.1) is 0 Å². The molecule has 0 bridgehead atoms. The van der Waals surface area contributed by atoms with Crippen molar-refractivity contribution in [2.75, 3.05) is 33.7 Å². The van der Waals surface area contributed by atoms with E-state index in [-0.39, 0.29) is 30.8 Å². The molecule has 9 heteroatoms. The second-order valence-corrected chi connectivity index (χ2v) is 8.35. The number of fused-ring (bicyclic) bond motifs is 1. The van der Waals surface area contributed by atoms with E-state index in [1.807, 2.05) is 19.1 Å². The molecule has 0 unspecified atom stereocenters. The number of hydrogen-bond donors (Lipinski definition) is 1. The maximum Gasteiger partial charge on any atom is 0.273 e. The van der Waals surface area contributed by atoms with Crippen LogP contribution in [0.15, 0.2) is 66.9 Å². The Morgan fingerprint density at radius 1 is 1.08 bits per heavy atom. The van der Waals surface area contributed by atoms with Crippen LogP contribution in [0.25, 0.3) is 0 Å². The molecule has 2 heterocycles. The number of pyridine rings is 1. The Morgan fingerprint density at radius 2 is 1.89 bits per heavy atom. The Morgan fingerprint density at radius 3 is 2.62 bits per heavy atom. The summed E-state index contributed by atoms with van der Waals surface area (Å²) in [5.41, 5.74) is 1.68. The number of nitrogens with zero attached hydrogens (tertiary/aromatic N) is 2. The van der Waals surface area contributed by atoms with Crippen molar-refractivity contribution < 1.29 is 28.5 Å². The summed E-state index contributed by atoms with van der Waals surface area (Å²) in [6.07, 6.45) is 2.22. The van der Waals surface area contributed by atoms with Gasteiger partial charge in [-0.3, -0.25) is 14.6 Å². The Kier molecular flexibility index (Phi) is 8.93. The number of ether oxygens (including phenoxy) is 4. The van der Waals surface area contributed by atoms with Gasteiger partial charge in [-0.1, -0.05) is 24.3 Å². The molecule has 3 aromatic rings. The van der Waals surface area contributed by atoms with Crippen molar-refractivity contribution in [2.24, 2.45) is 0 Å². The first-order valence-electron chi connectivity index (χ1n) is 12.2. The monoisotopic (exact) mass is 505 g/mol. The van der Waals surface area contributed by atoms with E-state index in [9.17, 15) is 9.59 Å². The van der Waals surface area contributed by atoms with Crippen molar-refractivity contribution in [1.29, 1.82) is 0 Å². The van der Waals surface area contributed by atoms with Crippen LogP contribution >= 0.6 is 0 Å². The Bertz CT molecular complexity index is 1190. The molecule has 2 amide bonds. The number of carbonyl (C=O) groups excluding carboxylic acids is 2. The Hall–Kier alpha value is -4.11. The summed E-state index contributed by atoms with van der Waals surface area (Å²) in [6, 6.07) is 16.8. The molecule has 1 atom stereocenters. The van der Waals surface area contributed by atoms with Gasteiger partial charge in [0, 0.05) is 32.5 Å². The van der Waals surface area contributed by atoms with Crippen LogP contribution in [0, 0.1) is 0 Å². The molecule has 0 saturated carbocycles. The first-order chi connectivity index (χ1) is 18.1. The quantitative estimate of drug-likeness (QED) is 0.374. The van der Waals surface area contributed by atoms with Crippen molar-refractivity contribution in [1.82, 2.24) is 15.2 Å². The van der Waals surface area contributed by atoms with Crippen molar-refractivity contribution in [3.8, 4) is 17.2 Å². The van der Waals surface area contributed by atoms with Crippen LogP contribution in [0.5, 0.6) is 17.2 Å². The predicted molar refractivity (Wildman–Crippen MR) is 137 cm³/mol. The van der Waals surface area contributed by atoms with E-state index >= 15 is 0 Å². The number of nitrogens with one attached hydrogen (secondary N) is 1. The van der Waals surface area contributed by atoms with Gasteiger partial charge < -0.3 is 29.2 Å². The van der Waals surface area contributed by atoms with E-state index in [2.05, 4.69) is 10.3 Å². The highest BCUT2D eigenvalue weighted by Crippen LogP contribution is 2.34. The van der Waals surface area contributed by atoms with Gasteiger partial charge >= 0.3 is 0 Å². The van der Waals surface area contributed by atoms with Crippen LogP contribution < -0.4 is 19.5 Å². The van der Waals surface area contributed by atoms with Gasteiger partial charge in [0.05, 0.1) is 7.11 Å². The Balaban J connectivity index is 1.69. The highest BCUT2D eigenvalue weighted by molar-refractivity contribution is 5.96. The summed E-state index contributed by atoms with van der Waals surface area (Å²) >= 11 is 0. The van der Waals surface area contributed by atoms with E-state index in [1.54, 1.807) is 61.8 Å². The molecule has 0 radical (unpaired) electrons. The van der Waals surface area contributed by atoms with Crippen molar-refractivity contribution in [2.45, 2.75) is 25.9 Å². The van der Waals surface area contributed by atoms with Crippen molar-refractivity contribution in [3.63, 3.8) is 0 Å². The SMILES string of the molecule is CCOCCCNC(=O)[C@@H](c1ccc(OC)cc1)N(Cc1ccc2c(c1)OCO2)C(=O)c1ccccn1. The zero-order chi connectivity index (χ0) is 26.0. The molecule has 2 aromatic carbocycles. The van der Waals surface area contributed by atoms with Crippen molar-refractivity contribution in [3.05, 3.63) is 83.7 Å². The van der Waals surface area contributed by atoms with Gasteiger partial charge in [-0.2, -0.15) is 0 Å². The number of carbonyl (C=O) groups is 2. The molecular weight excluding hydrogens is 474 g/mol. The van der Waals surface area contributed by atoms with Gasteiger partial charge in [0.2, 0.25) is 12.7 Å². The fourth-order valence-electron chi connectivity index (χ4n) is 4.04. The summed E-state index contributed by atoms with van der Waals surface area (Å²) in [5.74, 6) is 1.22. The lowest BCUT2D eigenvalue weighted by atomic mass is 10.0. The fourth-order valence-corrected chi connectivity index (χ4v) is 4.04. The second-order valence-electron chi connectivity index (χ2n) is 8.35. The third kappa shape index (κ3) is 6.56. The zero-order valence-electron chi connectivity index (χ0n) is 21.0. The number of hydrogen-bond acceptors (Lipinski definition) is 7. The van der Waals surface area contributed by atoms with Crippen LogP contribution in [-0.2, 0) is 16.1 Å². The number of aromatic nitrogens is 1. The molecule has 1 aliphatic heterocycles. The summed E-state index contributed by atoms with van der Waals surface area (Å²) in [5, 5.41) is 2.97. The average Bonchev–Trinajstić information content (AvgIpc) is 3.41. The van der Waals surface area contributed by atoms with E-state index in [0.717, 1.165) is 5.56 Å². The maximum absolute atomic E-state index is 13.8. The largest absolute Gasteiger partial charge is 0.497 e. The molecule has 9 nitrogen and oxygen atoms in total. The second kappa shape index (κ2) is 12.7. The standard InChI is InChI=1S/C28H31N3O6/c1-3-35-16-6-15-30-27(32)26(21-9-11-22(34-2)12-10-21)31(28(33)23-7-4-5-14-29-23)18-20-8-13-24-25(17-20)37-19-36-24/h4-5,7-14,17,26H,3,6,15-16,18-19H2,1-2H3,(H,30,32)/t26-/m1/s1. The molecule has 1 aliphatic rings. The number of methoxy groups -OCH3 is 1. The molecule has 0 saturated heterocycles. The number of amides is 2. The van der Waals surface area contributed by atoms with Crippen LogP contribution in [0.3, 0.4) is 0 Å². The van der Waals surface area contributed by atoms with Gasteiger partial charge in [0.25, 0.3) is 5.91 Å². The normalized spacial score (nSPS) is 12.6. The lowest BCUT2D eigenvalue weighted by molar-refractivity contribution is -0.126. The fraction of sp³-hybridized carbons (Fsp3) is 0.321. The molecule has 0 spiro atoms. The first kappa shape index (κ1) is 26.0. The minimum absolute atomic E-state index is 0.147. The lowest BCUT2D eigenvalue weighted by Crippen LogP contribution is -2.44. The van der Waals surface area contributed by atoms with Gasteiger partial charge in [-0.25, -0.2) is 0 Å². The minimum Gasteiger partial charge on any atom is -0.497 e. The van der Waals surface area contributed by atoms with Crippen LogP contribution in [-0.4, -0.2) is 55.4 Å². The molecule has 1 aromatic heterocycles. The topological polar surface area (TPSA) is 99.2 Å². The molecule has 37 heavy (non-hydrogen) atoms.